The lowest BCUT2D eigenvalue weighted by molar-refractivity contribution is -0.134. The average molecular weight is 322 g/mol. The molecule has 0 aromatic heterocycles. The molecule has 2 N–H and O–H groups in total. The molecule has 2 amide bonds. The lowest BCUT2D eigenvalue weighted by Gasteiger charge is -2.36. The number of likely N-dealkylation sites (tertiary alicyclic amines) is 1. The van der Waals surface area contributed by atoms with Gasteiger partial charge in [0.25, 0.3) is 5.91 Å². The maximum absolute atomic E-state index is 12.8. The van der Waals surface area contributed by atoms with Crippen LogP contribution in [0.25, 0.3) is 0 Å². The number of carbonyl (C=O) groups excluding carboxylic acids is 2. The van der Waals surface area contributed by atoms with Gasteiger partial charge in [0.05, 0.1) is 12.6 Å². The predicted octanol–water partition coefficient (Wildman–Crippen LogP) is 1.71. The van der Waals surface area contributed by atoms with E-state index in [9.17, 15) is 19.1 Å². The number of halogens is 1. The van der Waals surface area contributed by atoms with Crippen molar-refractivity contribution in [3.05, 3.63) is 35.6 Å². The molecule has 1 aliphatic rings. The van der Waals surface area contributed by atoms with Crippen molar-refractivity contribution in [3.63, 3.8) is 0 Å². The van der Waals surface area contributed by atoms with E-state index >= 15 is 0 Å². The predicted molar refractivity (Wildman–Crippen MR) is 84.4 cm³/mol. The molecule has 5 nitrogen and oxygen atoms in total. The molecule has 0 aliphatic carbocycles. The summed E-state index contributed by atoms with van der Waals surface area (Å²) < 4.78 is 12.8. The monoisotopic (exact) mass is 322 g/mol. The Kier molecular flexibility index (Phi) is 6.10. The quantitative estimate of drug-likeness (QED) is 0.867. The van der Waals surface area contributed by atoms with E-state index in [4.69, 9.17) is 0 Å². The Balaban J connectivity index is 1.89. The Hall–Kier alpha value is -1.95. The van der Waals surface area contributed by atoms with E-state index in [0.29, 0.717) is 18.5 Å². The molecular formula is C17H23FN2O3. The third-order valence-corrected chi connectivity index (χ3v) is 4.07. The van der Waals surface area contributed by atoms with Gasteiger partial charge in [0, 0.05) is 18.2 Å². The molecule has 2 rings (SSSR count). The van der Waals surface area contributed by atoms with Crippen LogP contribution in [0.3, 0.4) is 0 Å². The molecule has 23 heavy (non-hydrogen) atoms. The number of rotatable bonds is 5. The van der Waals surface area contributed by atoms with Crippen molar-refractivity contribution in [2.45, 2.75) is 44.8 Å². The highest BCUT2D eigenvalue weighted by Crippen LogP contribution is 2.21. The number of amides is 2. The van der Waals surface area contributed by atoms with Crippen molar-refractivity contribution in [1.82, 2.24) is 10.2 Å². The smallest absolute Gasteiger partial charge is 0.251 e. The Morgan fingerprint density at radius 3 is 2.70 bits per heavy atom. The van der Waals surface area contributed by atoms with Crippen molar-refractivity contribution in [2.75, 3.05) is 13.1 Å². The highest BCUT2D eigenvalue weighted by atomic mass is 19.1. The lowest BCUT2D eigenvalue weighted by Crippen LogP contribution is -2.48. The Bertz CT molecular complexity index is 545. The van der Waals surface area contributed by atoms with Gasteiger partial charge >= 0.3 is 0 Å². The minimum Gasteiger partial charge on any atom is -0.393 e. The summed E-state index contributed by atoms with van der Waals surface area (Å²) in [4.78, 5) is 26.1. The zero-order valence-corrected chi connectivity index (χ0v) is 13.3. The highest BCUT2D eigenvalue weighted by Gasteiger charge is 2.27. The Morgan fingerprint density at radius 1 is 1.35 bits per heavy atom. The summed E-state index contributed by atoms with van der Waals surface area (Å²) in [6, 6.07) is 5.21. The SMILES string of the molecule is CC(O)CC1CCCCN1C(=O)CNC(=O)c1ccc(F)cc1. The van der Waals surface area contributed by atoms with E-state index in [-0.39, 0.29) is 18.5 Å². The van der Waals surface area contributed by atoms with Gasteiger partial charge in [-0.25, -0.2) is 4.39 Å². The van der Waals surface area contributed by atoms with E-state index < -0.39 is 17.8 Å². The van der Waals surface area contributed by atoms with Crippen LogP contribution in [-0.2, 0) is 4.79 Å². The summed E-state index contributed by atoms with van der Waals surface area (Å²) in [6.45, 7) is 2.28. The summed E-state index contributed by atoms with van der Waals surface area (Å²) in [7, 11) is 0. The highest BCUT2D eigenvalue weighted by molar-refractivity contribution is 5.96. The third-order valence-electron chi connectivity index (χ3n) is 4.07. The molecule has 0 bridgehead atoms. The minimum absolute atomic E-state index is 0.0268. The standard InChI is InChI=1S/C17H23FN2O3/c1-12(21)10-15-4-2-3-9-20(15)16(22)11-19-17(23)13-5-7-14(18)8-6-13/h5-8,12,15,21H,2-4,9-11H2,1H3,(H,19,23). The zero-order valence-electron chi connectivity index (χ0n) is 13.3. The van der Waals surface area contributed by atoms with Crippen LogP contribution in [0.1, 0.15) is 43.0 Å². The molecule has 0 radical (unpaired) electrons. The van der Waals surface area contributed by atoms with Crippen LogP contribution in [0.5, 0.6) is 0 Å². The van der Waals surface area contributed by atoms with Gasteiger partial charge in [0.2, 0.25) is 5.91 Å². The minimum atomic E-state index is -0.456. The molecule has 1 aromatic rings. The average Bonchev–Trinajstić information content (AvgIpc) is 2.53. The van der Waals surface area contributed by atoms with Gasteiger partial charge in [-0.05, 0) is 56.9 Å². The van der Waals surface area contributed by atoms with Crippen molar-refractivity contribution >= 4 is 11.8 Å². The first kappa shape index (κ1) is 17.4. The Morgan fingerprint density at radius 2 is 2.04 bits per heavy atom. The number of hydrogen-bond donors (Lipinski definition) is 2. The van der Waals surface area contributed by atoms with Crippen LogP contribution in [0.15, 0.2) is 24.3 Å². The number of benzene rings is 1. The number of piperidine rings is 1. The van der Waals surface area contributed by atoms with Gasteiger partial charge in [-0.3, -0.25) is 9.59 Å². The molecule has 1 aromatic carbocycles. The molecule has 1 aliphatic heterocycles. The van der Waals surface area contributed by atoms with Crippen LogP contribution in [0.2, 0.25) is 0 Å². The third kappa shape index (κ3) is 5.03. The van der Waals surface area contributed by atoms with Gasteiger partial charge in [0.15, 0.2) is 0 Å². The zero-order chi connectivity index (χ0) is 16.8. The van der Waals surface area contributed by atoms with Crippen LogP contribution in [0.4, 0.5) is 4.39 Å². The maximum Gasteiger partial charge on any atom is 0.251 e. The number of nitrogens with zero attached hydrogens (tertiary/aromatic N) is 1. The van der Waals surface area contributed by atoms with E-state index in [1.165, 1.54) is 24.3 Å². The second kappa shape index (κ2) is 8.06. The van der Waals surface area contributed by atoms with Crippen LogP contribution in [0, 0.1) is 5.82 Å². The van der Waals surface area contributed by atoms with Crippen LogP contribution in [-0.4, -0.2) is 47.1 Å². The largest absolute Gasteiger partial charge is 0.393 e. The van der Waals surface area contributed by atoms with Crippen molar-refractivity contribution in [2.24, 2.45) is 0 Å². The number of carbonyl (C=O) groups is 2. The summed E-state index contributed by atoms with van der Waals surface area (Å²) >= 11 is 0. The van der Waals surface area contributed by atoms with Gasteiger partial charge in [-0.15, -0.1) is 0 Å². The molecule has 0 spiro atoms. The topological polar surface area (TPSA) is 69.6 Å². The van der Waals surface area contributed by atoms with Crippen molar-refractivity contribution < 1.29 is 19.1 Å². The van der Waals surface area contributed by atoms with E-state index in [2.05, 4.69) is 5.32 Å². The van der Waals surface area contributed by atoms with Crippen molar-refractivity contribution in [1.29, 1.82) is 0 Å². The van der Waals surface area contributed by atoms with Crippen molar-refractivity contribution in [3.8, 4) is 0 Å². The fourth-order valence-corrected chi connectivity index (χ4v) is 2.93. The van der Waals surface area contributed by atoms with Crippen LogP contribution < -0.4 is 5.32 Å². The molecule has 6 heteroatoms. The first-order valence-corrected chi connectivity index (χ1v) is 7.98. The summed E-state index contributed by atoms with van der Waals surface area (Å²) in [5, 5.41) is 12.1. The number of aliphatic hydroxyl groups excluding tert-OH is 1. The second-order valence-electron chi connectivity index (χ2n) is 6.01. The van der Waals surface area contributed by atoms with Gasteiger partial charge in [0.1, 0.15) is 5.82 Å². The van der Waals surface area contributed by atoms with Gasteiger partial charge in [-0.2, -0.15) is 0 Å². The number of nitrogens with one attached hydrogen (secondary N) is 1. The Labute approximate surface area is 135 Å². The van der Waals surface area contributed by atoms with E-state index in [0.717, 1.165) is 19.3 Å². The first-order chi connectivity index (χ1) is 11.0. The molecule has 2 unspecified atom stereocenters. The molecule has 1 saturated heterocycles. The van der Waals surface area contributed by atoms with Gasteiger partial charge in [-0.1, -0.05) is 0 Å². The first-order valence-electron chi connectivity index (χ1n) is 7.98. The fraction of sp³-hybridized carbons (Fsp3) is 0.529. The number of hydrogen-bond acceptors (Lipinski definition) is 3. The van der Waals surface area contributed by atoms with Crippen LogP contribution >= 0.6 is 0 Å². The number of aliphatic hydroxyl groups is 1. The second-order valence-corrected chi connectivity index (χ2v) is 6.01. The molecular weight excluding hydrogens is 299 g/mol. The molecule has 1 fully saturated rings. The summed E-state index contributed by atoms with van der Waals surface area (Å²) in [6.07, 6.45) is 2.96. The van der Waals surface area contributed by atoms with E-state index in [1.54, 1.807) is 11.8 Å². The molecule has 2 atom stereocenters. The fourth-order valence-electron chi connectivity index (χ4n) is 2.93. The molecule has 1 heterocycles. The molecule has 126 valence electrons. The summed E-state index contributed by atoms with van der Waals surface area (Å²) in [5.41, 5.74) is 0.318. The summed E-state index contributed by atoms with van der Waals surface area (Å²) in [5.74, 6) is -0.958. The molecule has 0 saturated carbocycles. The maximum atomic E-state index is 12.8. The normalized spacial score (nSPS) is 19.3. The lowest BCUT2D eigenvalue weighted by atomic mass is 9.97. The van der Waals surface area contributed by atoms with E-state index in [1.807, 2.05) is 0 Å². The van der Waals surface area contributed by atoms with Gasteiger partial charge < -0.3 is 15.3 Å².